The van der Waals surface area contributed by atoms with E-state index in [1.165, 1.54) is 12.1 Å². The van der Waals surface area contributed by atoms with Crippen LogP contribution in [0.1, 0.15) is 37.8 Å². The van der Waals surface area contributed by atoms with Crippen LogP contribution in [-0.2, 0) is 12.7 Å². The lowest BCUT2D eigenvalue weighted by Gasteiger charge is -2.33. The average molecular weight is 417 g/mol. The summed E-state index contributed by atoms with van der Waals surface area (Å²) in [6.45, 7) is 7.44. The van der Waals surface area contributed by atoms with Crippen molar-refractivity contribution in [3.63, 3.8) is 0 Å². The number of thioether (sulfide) groups is 1. The van der Waals surface area contributed by atoms with Crippen molar-refractivity contribution in [2.24, 2.45) is 4.99 Å². The van der Waals surface area contributed by atoms with E-state index in [-0.39, 0.29) is 4.75 Å². The first kappa shape index (κ1) is 22.9. The van der Waals surface area contributed by atoms with Crippen molar-refractivity contribution in [3.05, 3.63) is 35.4 Å². The molecule has 158 valence electrons. The molecule has 0 spiro atoms. The largest absolute Gasteiger partial charge is 0.416 e. The quantitative estimate of drug-likeness (QED) is 0.544. The maximum absolute atomic E-state index is 12.9. The van der Waals surface area contributed by atoms with Crippen LogP contribution in [0.5, 0.6) is 0 Å². The van der Waals surface area contributed by atoms with Gasteiger partial charge in [0.2, 0.25) is 0 Å². The molecule has 1 aromatic rings. The lowest BCUT2D eigenvalue weighted by atomic mass is 10.0. The number of piperidine rings is 1. The predicted molar refractivity (Wildman–Crippen MR) is 112 cm³/mol. The average Bonchev–Trinajstić information content (AvgIpc) is 2.66. The second-order valence-electron chi connectivity index (χ2n) is 7.78. The van der Waals surface area contributed by atoms with Gasteiger partial charge in [-0.15, -0.1) is 0 Å². The van der Waals surface area contributed by atoms with Gasteiger partial charge in [-0.1, -0.05) is 18.2 Å². The molecule has 1 aromatic carbocycles. The van der Waals surface area contributed by atoms with Gasteiger partial charge in [-0.05, 0) is 44.6 Å². The third kappa shape index (κ3) is 7.20. The molecule has 0 radical (unpaired) electrons. The van der Waals surface area contributed by atoms with E-state index in [0.717, 1.165) is 44.5 Å². The maximum Gasteiger partial charge on any atom is 0.416 e. The van der Waals surface area contributed by atoms with Gasteiger partial charge in [0.15, 0.2) is 5.96 Å². The number of nitrogens with one attached hydrogen (secondary N) is 2. The summed E-state index contributed by atoms with van der Waals surface area (Å²) in [4.78, 5) is 6.51. The number of likely N-dealkylation sites (tertiary alicyclic amines) is 1. The van der Waals surface area contributed by atoms with E-state index >= 15 is 0 Å². The highest BCUT2D eigenvalue weighted by Gasteiger charge is 2.30. The predicted octanol–water partition coefficient (Wildman–Crippen LogP) is 3.98. The Morgan fingerprint density at radius 2 is 1.93 bits per heavy atom. The summed E-state index contributed by atoms with van der Waals surface area (Å²) < 4.78 is 38.7. The fourth-order valence-electron chi connectivity index (χ4n) is 3.10. The van der Waals surface area contributed by atoms with Crippen molar-refractivity contribution in [2.45, 2.75) is 50.2 Å². The van der Waals surface area contributed by atoms with Crippen LogP contribution in [0.15, 0.2) is 29.3 Å². The highest BCUT2D eigenvalue weighted by Crippen LogP contribution is 2.30. The van der Waals surface area contributed by atoms with Crippen LogP contribution in [0.25, 0.3) is 0 Å². The van der Waals surface area contributed by atoms with Crippen molar-refractivity contribution in [1.82, 2.24) is 15.5 Å². The Morgan fingerprint density at radius 3 is 2.50 bits per heavy atom. The van der Waals surface area contributed by atoms with E-state index < -0.39 is 11.7 Å². The molecule has 0 unspecified atom stereocenters. The number of benzene rings is 1. The minimum atomic E-state index is -4.29. The zero-order chi connectivity index (χ0) is 20.8. The number of rotatable bonds is 6. The minimum Gasteiger partial charge on any atom is -0.355 e. The molecule has 0 aromatic heterocycles. The van der Waals surface area contributed by atoms with Crippen LogP contribution in [0.2, 0.25) is 0 Å². The lowest BCUT2D eigenvalue weighted by Crippen LogP contribution is -2.50. The number of halogens is 3. The van der Waals surface area contributed by atoms with Gasteiger partial charge in [0.05, 0.1) is 5.56 Å². The fraction of sp³-hybridized carbons (Fsp3) is 0.650. The second kappa shape index (κ2) is 9.87. The highest BCUT2D eigenvalue weighted by atomic mass is 32.2. The van der Waals surface area contributed by atoms with Gasteiger partial charge in [0.1, 0.15) is 0 Å². The van der Waals surface area contributed by atoms with E-state index in [2.05, 4.69) is 40.6 Å². The Morgan fingerprint density at radius 1 is 1.25 bits per heavy atom. The first-order chi connectivity index (χ1) is 13.1. The molecule has 2 N–H and O–H groups in total. The first-order valence-electron chi connectivity index (χ1n) is 9.54. The summed E-state index contributed by atoms with van der Waals surface area (Å²) in [6, 6.07) is 5.94. The van der Waals surface area contributed by atoms with E-state index in [1.807, 2.05) is 0 Å². The van der Waals surface area contributed by atoms with Crippen molar-refractivity contribution >= 4 is 17.7 Å². The first-order valence-corrected chi connectivity index (χ1v) is 10.8. The van der Waals surface area contributed by atoms with E-state index in [9.17, 15) is 13.2 Å². The molecule has 1 saturated heterocycles. The Bertz CT molecular complexity index is 653. The Hall–Kier alpha value is -1.41. The fourth-order valence-corrected chi connectivity index (χ4v) is 3.31. The van der Waals surface area contributed by atoms with Crippen LogP contribution >= 0.6 is 11.8 Å². The summed E-state index contributed by atoms with van der Waals surface area (Å²) in [5, 5.41) is 6.85. The van der Waals surface area contributed by atoms with Crippen molar-refractivity contribution in [1.29, 1.82) is 0 Å². The standard InChI is InChI=1S/C20H31F3N4S/c1-19(2,28-4)14-25-18(24-3)26-17-8-10-27(11-9-17)13-15-6-5-7-16(12-15)20(21,22)23/h5-7,12,17H,8-11,13-14H2,1-4H3,(H2,24,25,26). The zero-order valence-electron chi connectivity index (χ0n) is 17.1. The molecule has 28 heavy (non-hydrogen) atoms. The number of nitrogens with zero attached hydrogens (tertiary/aromatic N) is 2. The summed E-state index contributed by atoms with van der Waals surface area (Å²) in [5.41, 5.74) is 0.127. The maximum atomic E-state index is 12.9. The smallest absolute Gasteiger partial charge is 0.355 e. The molecule has 0 bridgehead atoms. The van der Waals surface area contributed by atoms with Gasteiger partial charge >= 0.3 is 6.18 Å². The van der Waals surface area contributed by atoms with Gasteiger partial charge in [0.25, 0.3) is 0 Å². The highest BCUT2D eigenvalue weighted by molar-refractivity contribution is 7.99. The van der Waals surface area contributed by atoms with Gasteiger partial charge in [-0.25, -0.2) is 0 Å². The Balaban J connectivity index is 1.81. The van der Waals surface area contributed by atoms with Crippen LogP contribution in [0, 0.1) is 0 Å². The number of aliphatic imine (C=N–C) groups is 1. The molecule has 2 rings (SSSR count). The lowest BCUT2D eigenvalue weighted by molar-refractivity contribution is -0.137. The van der Waals surface area contributed by atoms with Gasteiger partial charge in [0, 0.05) is 44.0 Å². The van der Waals surface area contributed by atoms with Gasteiger partial charge < -0.3 is 10.6 Å². The summed E-state index contributed by atoms with van der Waals surface area (Å²) in [6.07, 6.45) is -0.324. The SMILES string of the molecule is CN=C(NCC(C)(C)SC)NC1CCN(Cc2cccc(C(F)(F)F)c2)CC1. The van der Waals surface area contributed by atoms with Crippen molar-refractivity contribution in [3.8, 4) is 0 Å². The van der Waals surface area contributed by atoms with E-state index in [1.54, 1.807) is 24.9 Å². The molecule has 0 aliphatic carbocycles. The summed E-state index contributed by atoms with van der Waals surface area (Å²) in [7, 11) is 1.77. The summed E-state index contributed by atoms with van der Waals surface area (Å²) in [5.74, 6) is 0.804. The second-order valence-corrected chi connectivity index (χ2v) is 9.30. The van der Waals surface area contributed by atoms with E-state index in [0.29, 0.717) is 18.2 Å². The molecule has 1 aliphatic rings. The third-order valence-electron chi connectivity index (χ3n) is 5.05. The molecule has 1 aliphatic heterocycles. The Kier molecular flexibility index (Phi) is 8.07. The third-order valence-corrected chi connectivity index (χ3v) is 6.30. The van der Waals surface area contributed by atoms with Gasteiger partial charge in [-0.3, -0.25) is 9.89 Å². The zero-order valence-corrected chi connectivity index (χ0v) is 17.9. The van der Waals surface area contributed by atoms with Crippen LogP contribution in [0.4, 0.5) is 13.2 Å². The topological polar surface area (TPSA) is 39.7 Å². The molecule has 4 nitrogen and oxygen atoms in total. The van der Waals surface area contributed by atoms with Crippen LogP contribution in [0.3, 0.4) is 0 Å². The number of alkyl halides is 3. The van der Waals surface area contributed by atoms with Crippen molar-refractivity contribution < 1.29 is 13.2 Å². The Labute approximate surface area is 170 Å². The monoisotopic (exact) mass is 416 g/mol. The molecule has 0 atom stereocenters. The van der Waals surface area contributed by atoms with Crippen LogP contribution < -0.4 is 10.6 Å². The molecule has 8 heteroatoms. The molecule has 0 amide bonds. The molecular formula is C20H31F3N4S. The van der Waals surface area contributed by atoms with Gasteiger partial charge in [-0.2, -0.15) is 24.9 Å². The molecule has 1 heterocycles. The summed E-state index contributed by atoms with van der Waals surface area (Å²) >= 11 is 1.81. The molecule has 1 fully saturated rings. The molecular weight excluding hydrogens is 385 g/mol. The van der Waals surface area contributed by atoms with E-state index in [4.69, 9.17) is 0 Å². The molecule has 0 saturated carbocycles. The number of hydrogen-bond acceptors (Lipinski definition) is 3. The number of guanidine groups is 1. The minimum absolute atomic E-state index is 0.131. The van der Waals surface area contributed by atoms with Crippen molar-refractivity contribution in [2.75, 3.05) is 32.9 Å². The number of hydrogen-bond donors (Lipinski definition) is 2. The van der Waals surface area contributed by atoms with Crippen LogP contribution in [-0.4, -0.2) is 54.6 Å². The normalized spacial score (nSPS) is 17.6.